The first-order chi connectivity index (χ1) is 11.2. The van der Waals surface area contributed by atoms with E-state index in [9.17, 15) is 9.18 Å². The quantitative estimate of drug-likeness (QED) is 0.896. The fraction of sp³-hybridized carbons (Fsp3) is 0.588. The maximum atomic E-state index is 12.8. The molecule has 23 heavy (non-hydrogen) atoms. The average molecular weight is 322 g/mol. The maximum Gasteiger partial charge on any atom is 0.221 e. The highest BCUT2D eigenvalue weighted by molar-refractivity contribution is 5.76. The van der Waals surface area contributed by atoms with Crippen molar-refractivity contribution in [1.82, 2.24) is 10.2 Å². The highest BCUT2D eigenvalue weighted by Gasteiger charge is 2.39. The van der Waals surface area contributed by atoms with Crippen molar-refractivity contribution in [3.8, 4) is 0 Å². The van der Waals surface area contributed by atoms with Crippen molar-refractivity contribution >= 4 is 5.91 Å². The molecule has 126 valence electrons. The van der Waals surface area contributed by atoms with Gasteiger partial charge < -0.3 is 19.7 Å². The number of hydrogen-bond acceptors (Lipinski definition) is 4. The second kappa shape index (κ2) is 7.38. The Kier molecular flexibility index (Phi) is 5.25. The minimum absolute atomic E-state index is 0.0166. The van der Waals surface area contributed by atoms with Crippen molar-refractivity contribution in [3.05, 3.63) is 35.6 Å². The molecular weight excluding hydrogens is 299 g/mol. The molecule has 3 rings (SSSR count). The Labute approximate surface area is 135 Å². The molecule has 1 aromatic carbocycles. The lowest BCUT2D eigenvalue weighted by Gasteiger charge is -2.37. The standard InChI is InChI=1S/C17H23FN2O3/c18-15-3-1-14(2-4-15)13-19-16(21)5-8-20-9-6-17(7-10-20)22-11-12-23-17/h1-4H,5-13H2,(H,19,21). The van der Waals surface area contributed by atoms with Crippen LogP contribution in [0.5, 0.6) is 0 Å². The van der Waals surface area contributed by atoms with Crippen LogP contribution in [0.4, 0.5) is 4.39 Å². The number of nitrogens with zero attached hydrogens (tertiary/aromatic N) is 1. The molecule has 0 unspecified atom stereocenters. The molecule has 0 radical (unpaired) electrons. The maximum absolute atomic E-state index is 12.8. The molecule has 0 aliphatic carbocycles. The molecule has 2 fully saturated rings. The van der Waals surface area contributed by atoms with Gasteiger partial charge in [0, 0.05) is 45.4 Å². The molecule has 1 N–H and O–H groups in total. The highest BCUT2D eigenvalue weighted by Crippen LogP contribution is 2.31. The molecule has 0 bridgehead atoms. The van der Waals surface area contributed by atoms with Gasteiger partial charge in [-0.3, -0.25) is 4.79 Å². The van der Waals surface area contributed by atoms with Crippen LogP contribution >= 0.6 is 0 Å². The number of hydrogen-bond donors (Lipinski definition) is 1. The van der Waals surface area contributed by atoms with Crippen LogP contribution in [-0.2, 0) is 20.8 Å². The van der Waals surface area contributed by atoms with Crippen molar-refractivity contribution in [2.75, 3.05) is 32.8 Å². The van der Waals surface area contributed by atoms with E-state index in [0.29, 0.717) is 26.2 Å². The zero-order chi connectivity index (χ0) is 16.1. The molecule has 5 nitrogen and oxygen atoms in total. The van der Waals surface area contributed by atoms with E-state index in [0.717, 1.165) is 38.0 Å². The minimum Gasteiger partial charge on any atom is -0.352 e. The second-order valence-electron chi connectivity index (χ2n) is 6.10. The molecule has 0 saturated carbocycles. The number of carbonyl (C=O) groups is 1. The van der Waals surface area contributed by atoms with Gasteiger partial charge in [0.1, 0.15) is 5.82 Å². The third-order valence-electron chi connectivity index (χ3n) is 4.49. The van der Waals surface area contributed by atoms with Gasteiger partial charge >= 0.3 is 0 Å². The normalized spacial score (nSPS) is 20.7. The van der Waals surface area contributed by atoms with Gasteiger partial charge in [-0.25, -0.2) is 4.39 Å². The van der Waals surface area contributed by atoms with Gasteiger partial charge in [0.05, 0.1) is 13.2 Å². The number of rotatable bonds is 5. The second-order valence-corrected chi connectivity index (χ2v) is 6.10. The Hall–Kier alpha value is -1.50. The lowest BCUT2D eigenvalue weighted by Crippen LogP contribution is -2.45. The molecule has 2 heterocycles. The van der Waals surface area contributed by atoms with E-state index in [1.54, 1.807) is 12.1 Å². The van der Waals surface area contributed by atoms with Crippen LogP contribution < -0.4 is 5.32 Å². The van der Waals surface area contributed by atoms with E-state index in [1.807, 2.05) is 0 Å². The predicted octanol–water partition coefficient (Wildman–Crippen LogP) is 1.67. The third-order valence-corrected chi connectivity index (χ3v) is 4.49. The van der Waals surface area contributed by atoms with Gasteiger partial charge in [0.15, 0.2) is 5.79 Å². The summed E-state index contributed by atoms with van der Waals surface area (Å²) in [7, 11) is 0. The number of likely N-dealkylation sites (tertiary alicyclic amines) is 1. The predicted molar refractivity (Wildman–Crippen MR) is 83.2 cm³/mol. The first-order valence-electron chi connectivity index (χ1n) is 8.17. The Balaban J connectivity index is 1.34. The van der Waals surface area contributed by atoms with Crippen molar-refractivity contribution in [2.45, 2.75) is 31.6 Å². The summed E-state index contributed by atoms with van der Waals surface area (Å²) in [5.41, 5.74) is 0.898. The topological polar surface area (TPSA) is 50.8 Å². The Bertz CT molecular complexity index is 519. The lowest BCUT2D eigenvalue weighted by atomic mass is 10.0. The van der Waals surface area contributed by atoms with Gasteiger partial charge in [0.2, 0.25) is 5.91 Å². The molecule has 2 aliphatic rings. The first kappa shape index (κ1) is 16.4. The summed E-state index contributed by atoms with van der Waals surface area (Å²) in [6.45, 7) is 4.34. The molecule has 0 atom stereocenters. The lowest BCUT2D eigenvalue weighted by molar-refractivity contribution is -0.185. The van der Waals surface area contributed by atoms with Gasteiger partial charge in [-0.15, -0.1) is 0 Å². The number of nitrogens with one attached hydrogen (secondary N) is 1. The summed E-state index contributed by atoms with van der Waals surface area (Å²) in [6.07, 6.45) is 2.20. The molecule has 2 saturated heterocycles. The first-order valence-corrected chi connectivity index (χ1v) is 8.17. The monoisotopic (exact) mass is 322 g/mol. The van der Waals surface area contributed by atoms with E-state index in [-0.39, 0.29) is 17.5 Å². The van der Waals surface area contributed by atoms with E-state index < -0.39 is 0 Å². The largest absolute Gasteiger partial charge is 0.352 e. The third kappa shape index (κ3) is 4.50. The van der Waals surface area contributed by atoms with Gasteiger partial charge in [-0.2, -0.15) is 0 Å². The number of amides is 1. The summed E-state index contributed by atoms with van der Waals surface area (Å²) in [5.74, 6) is -0.609. The number of piperidine rings is 1. The Morgan fingerprint density at radius 2 is 1.83 bits per heavy atom. The van der Waals surface area contributed by atoms with Crippen LogP contribution in [0.2, 0.25) is 0 Å². The number of halogens is 1. The van der Waals surface area contributed by atoms with Crippen LogP contribution in [0.3, 0.4) is 0 Å². The molecule has 2 aliphatic heterocycles. The zero-order valence-corrected chi connectivity index (χ0v) is 13.2. The molecule has 1 aromatic rings. The fourth-order valence-corrected chi connectivity index (χ4v) is 3.05. The highest BCUT2D eigenvalue weighted by atomic mass is 19.1. The van der Waals surface area contributed by atoms with E-state index in [2.05, 4.69) is 10.2 Å². The summed E-state index contributed by atoms with van der Waals surface area (Å²) in [5, 5.41) is 2.87. The van der Waals surface area contributed by atoms with E-state index in [1.165, 1.54) is 12.1 Å². The van der Waals surface area contributed by atoms with Crippen LogP contribution in [0.25, 0.3) is 0 Å². The average Bonchev–Trinajstić information content (AvgIpc) is 3.02. The van der Waals surface area contributed by atoms with Gasteiger partial charge in [-0.05, 0) is 17.7 Å². The summed E-state index contributed by atoms with van der Waals surface area (Å²) >= 11 is 0. The van der Waals surface area contributed by atoms with Crippen LogP contribution in [0, 0.1) is 5.82 Å². The van der Waals surface area contributed by atoms with Crippen LogP contribution in [0.15, 0.2) is 24.3 Å². The minimum atomic E-state index is -0.360. The summed E-state index contributed by atoms with van der Waals surface area (Å²) in [6, 6.07) is 6.17. The van der Waals surface area contributed by atoms with Crippen molar-refractivity contribution < 1.29 is 18.7 Å². The Morgan fingerprint density at radius 1 is 1.17 bits per heavy atom. The molecular formula is C17H23FN2O3. The number of ether oxygens (including phenoxy) is 2. The van der Waals surface area contributed by atoms with E-state index >= 15 is 0 Å². The smallest absolute Gasteiger partial charge is 0.221 e. The molecule has 1 amide bonds. The van der Waals surface area contributed by atoms with Gasteiger partial charge in [0.25, 0.3) is 0 Å². The number of benzene rings is 1. The number of carbonyl (C=O) groups excluding carboxylic acids is 1. The fourth-order valence-electron chi connectivity index (χ4n) is 3.05. The van der Waals surface area contributed by atoms with Crippen molar-refractivity contribution in [3.63, 3.8) is 0 Å². The zero-order valence-electron chi connectivity index (χ0n) is 13.2. The SMILES string of the molecule is O=C(CCN1CCC2(CC1)OCCO2)NCc1ccc(F)cc1. The summed E-state index contributed by atoms with van der Waals surface area (Å²) in [4.78, 5) is 14.2. The summed E-state index contributed by atoms with van der Waals surface area (Å²) < 4.78 is 24.2. The van der Waals surface area contributed by atoms with Gasteiger partial charge in [-0.1, -0.05) is 12.1 Å². The van der Waals surface area contributed by atoms with Crippen LogP contribution in [0.1, 0.15) is 24.8 Å². The molecule has 1 spiro atoms. The van der Waals surface area contributed by atoms with Crippen molar-refractivity contribution in [2.24, 2.45) is 0 Å². The molecule has 6 heteroatoms. The Morgan fingerprint density at radius 3 is 2.48 bits per heavy atom. The van der Waals surface area contributed by atoms with Crippen LogP contribution in [-0.4, -0.2) is 49.4 Å². The molecule has 0 aromatic heterocycles. The van der Waals surface area contributed by atoms with E-state index in [4.69, 9.17) is 9.47 Å². The van der Waals surface area contributed by atoms with Crippen molar-refractivity contribution in [1.29, 1.82) is 0 Å².